The van der Waals surface area contributed by atoms with Crippen molar-refractivity contribution in [3.63, 3.8) is 0 Å². The zero-order valence-corrected chi connectivity index (χ0v) is 9.80. The molecule has 1 unspecified atom stereocenters. The Labute approximate surface area is 89.2 Å². The fraction of sp³-hybridized carbons (Fsp3) is 0.455. The Hall–Kier alpha value is -0.510. The van der Waals surface area contributed by atoms with E-state index in [-0.39, 0.29) is 0 Å². The minimum absolute atomic E-state index is 0.743. The van der Waals surface area contributed by atoms with E-state index in [2.05, 4.69) is 31.2 Å². The standard InChI is InChI=1S/C11H17NOS/c1-4-10-5-7-11(8-6-10)9-12(2)14(3)13/h5-8H,4,9H2,1-3H3. The maximum atomic E-state index is 11.1. The number of hydrogen-bond donors (Lipinski definition) is 0. The van der Waals surface area contributed by atoms with Crippen LogP contribution in [0.5, 0.6) is 0 Å². The van der Waals surface area contributed by atoms with E-state index in [4.69, 9.17) is 0 Å². The topological polar surface area (TPSA) is 26.3 Å². The van der Waals surface area contributed by atoms with Gasteiger partial charge in [-0.05, 0) is 17.5 Å². The molecule has 0 aliphatic carbocycles. The molecule has 0 aliphatic heterocycles. The third-order valence-electron chi connectivity index (χ3n) is 2.28. The van der Waals surface area contributed by atoms with E-state index in [1.54, 1.807) is 6.26 Å². The summed E-state index contributed by atoms with van der Waals surface area (Å²) in [6, 6.07) is 8.45. The van der Waals surface area contributed by atoms with Gasteiger partial charge in [0, 0.05) is 18.4 Å². The lowest BCUT2D eigenvalue weighted by Crippen LogP contribution is -2.24. The van der Waals surface area contributed by atoms with E-state index in [1.807, 2.05) is 11.4 Å². The van der Waals surface area contributed by atoms with E-state index in [1.165, 1.54) is 11.1 Å². The zero-order valence-electron chi connectivity index (χ0n) is 8.99. The summed E-state index contributed by atoms with van der Waals surface area (Å²) >= 11 is -0.885. The predicted octanol–water partition coefficient (Wildman–Crippen LogP) is 1.97. The number of nitrogens with zero attached hydrogens (tertiary/aromatic N) is 1. The number of hydrogen-bond acceptors (Lipinski definition) is 2. The van der Waals surface area contributed by atoms with Crippen molar-refractivity contribution in [1.82, 2.24) is 4.31 Å². The Kier molecular flexibility index (Phi) is 4.45. The van der Waals surface area contributed by atoms with Gasteiger partial charge in [-0.3, -0.25) is 0 Å². The highest BCUT2D eigenvalue weighted by atomic mass is 32.2. The summed E-state index contributed by atoms with van der Waals surface area (Å²) in [5, 5.41) is 0. The van der Waals surface area contributed by atoms with E-state index in [0.29, 0.717) is 0 Å². The molecule has 0 aliphatic rings. The molecule has 0 aromatic heterocycles. The first-order chi connectivity index (χ1) is 6.63. The molecule has 0 N–H and O–H groups in total. The van der Waals surface area contributed by atoms with Gasteiger partial charge in [-0.15, -0.1) is 4.31 Å². The van der Waals surface area contributed by atoms with Crippen molar-refractivity contribution in [2.24, 2.45) is 0 Å². The van der Waals surface area contributed by atoms with Gasteiger partial charge in [-0.2, -0.15) is 0 Å². The van der Waals surface area contributed by atoms with Crippen molar-refractivity contribution in [3.8, 4) is 0 Å². The lowest BCUT2D eigenvalue weighted by atomic mass is 10.1. The van der Waals surface area contributed by atoms with E-state index < -0.39 is 11.4 Å². The number of benzene rings is 1. The minimum Gasteiger partial charge on any atom is -0.598 e. The highest BCUT2D eigenvalue weighted by Crippen LogP contribution is 2.08. The molecule has 0 heterocycles. The molecule has 0 bridgehead atoms. The summed E-state index contributed by atoms with van der Waals surface area (Å²) in [6.07, 6.45) is 2.76. The Balaban J connectivity index is 2.59. The second-order valence-corrected chi connectivity index (χ2v) is 4.85. The van der Waals surface area contributed by atoms with Crippen LogP contribution in [0.1, 0.15) is 18.1 Å². The zero-order chi connectivity index (χ0) is 10.6. The van der Waals surface area contributed by atoms with Gasteiger partial charge in [-0.1, -0.05) is 31.2 Å². The third kappa shape index (κ3) is 3.33. The van der Waals surface area contributed by atoms with Crippen molar-refractivity contribution >= 4 is 11.4 Å². The molecule has 0 saturated carbocycles. The second-order valence-electron chi connectivity index (χ2n) is 3.38. The van der Waals surface area contributed by atoms with Gasteiger partial charge in [-0.25, -0.2) is 0 Å². The summed E-state index contributed by atoms with van der Waals surface area (Å²) in [5.41, 5.74) is 2.55. The van der Waals surface area contributed by atoms with Crippen LogP contribution in [-0.4, -0.2) is 22.2 Å². The Morgan fingerprint density at radius 2 is 1.71 bits per heavy atom. The maximum absolute atomic E-state index is 11.1. The molecule has 0 radical (unpaired) electrons. The quantitative estimate of drug-likeness (QED) is 0.712. The first-order valence-corrected chi connectivity index (χ1v) is 6.27. The van der Waals surface area contributed by atoms with E-state index >= 15 is 0 Å². The van der Waals surface area contributed by atoms with Gasteiger partial charge in [0.1, 0.15) is 6.26 Å². The predicted molar refractivity (Wildman–Crippen MR) is 61.4 cm³/mol. The summed E-state index contributed by atoms with van der Waals surface area (Å²) in [7, 11) is 1.86. The summed E-state index contributed by atoms with van der Waals surface area (Å²) in [4.78, 5) is 0. The van der Waals surface area contributed by atoms with Crippen LogP contribution in [0.2, 0.25) is 0 Å². The molecular formula is C11H17NOS. The van der Waals surface area contributed by atoms with Crippen molar-refractivity contribution < 1.29 is 4.55 Å². The van der Waals surface area contributed by atoms with Crippen LogP contribution in [0, 0.1) is 0 Å². The lowest BCUT2D eigenvalue weighted by molar-refractivity contribution is 0.471. The van der Waals surface area contributed by atoms with Gasteiger partial charge in [0.25, 0.3) is 0 Å². The second kappa shape index (κ2) is 5.39. The fourth-order valence-corrected chi connectivity index (χ4v) is 1.56. The molecule has 0 spiro atoms. The monoisotopic (exact) mass is 211 g/mol. The van der Waals surface area contributed by atoms with E-state index in [0.717, 1.165) is 13.0 Å². The van der Waals surface area contributed by atoms with Gasteiger partial charge in [0.05, 0.1) is 6.54 Å². The third-order valence-corrected chi connectivity index (χ3v) is 3.28. The molecule has 0 fully saturated rings. The maximum Gasteiger partial charge on any atom is 0.115 e. The summed E-state index contributed by atoms with van der Waals surface area (Å²) in [6.45, 7) is 2.88. The molecule has 1 atom stereocenters. The smallest absolute Gasteiger partial charge is 0.115 e. The lowest BCUT2D eigenvalue weighted by Gasteiger charge is -2.16. The largest absolute Gasteiger partial charge is 0.598 e. The summed E-state index contributed by atoms with van der Waals surface area (Å²) < 4.78 is 12.9. The van der Waals surface area contributed by atoms with E-state index in [9.17, 15) is 4.55 Å². The first-order valence-electron chi connectivity index (χ1n) is 4.76. The fourth-order valence-electron chi connectivity index (χ4n) is 1.23. The van der Waals surface area contributed by atoms with Crippen molar-refractivity contribution in [2.75, 3.05) is 13.3 Å². The molecule has 0 amide bonds. The van der Waals surface area contributed by atoms with Crippen LogP contribution < -0.4 is 0 Å². The molecule has 2 nitrogen and oxygen atoms in total. The van der Waals surface area contributed by atoms with Crippen LogP contribution >= 0.6 is 0 Å². The van der Waals surface area contributed by atoms with Crippen molar-refractivity contribution in [1.29, 1.82) is 0 Å². The molecule has 0 saturated heterocycles. The van der Waals surface area contributed by atoms with Crippen LogP contribution in [0.3, 0.4) is 0 Å². The SMILES string of the molecule is CCc1ccc(CN(C)[S+](C)[O-])cc1. The normalized spacial score (nSPS) is 13.2. The molecule has 1 aromatic rings. The van der Waals surface area contributed by atoms with Crippen LogP contribution in [0.4, 0.5) is 0 Å². The van der Waals surface area contributed by atoms with Crippen LogP contribution in [-0.2, 0) is 24.3 Å². The molecule has 1 rings (SSSR count). The van der Waals surface area contributed by atoms with Gasteiger partial charge >= 0.3 is 0 Å². The highest BCUT2D eigenvalue weighted by molar-refractivity contribution is 7.88. The van der Waals surface area contributed by atoms with Gasteiger partial charge < -0.3 is 4.55 Å². The molecule has 78 valence electrons. The van der Waals surface area contributed by atoms with Crippen LogP contribution in [0.15, 0.2) is 24.3 Å². The highest BCUT2D eigenvalue weighted by Gasteiger charge is 2.08. The molecule has 14 heavy (non-hydrogen) atoms. The summed E-state index contributed by atoms with van der Waals surface area (Å²) in [5.74, 6) is 0. The number of rotatable bonds is 4. The average Bonchev–Trinajstić information content (AvgIpc) is 2.19. The van der Waals surface area contributed by atoms with Crippen molar-refractivity contribution in [3.05, 3.63) is 35.4 Å². The Bertz CT molecular complexity index is 271. The van der Waals surface area contributed by atoms with Gasteiger partial charge in [0.2, 0.25) is 0 Å². The Morgan fingerprint density at radius 3 is 2.14 bits per heavy atom. The molecular weight excluding hydrogens is 194 g/mol. The minimum atomic E-state index is -0.885. The van der Waals surface area contributed by atoms with Gasteiger partial charge in [0.15, 0.2) is 0 Å². The number of aryl methyl sites for hydroxylation is 1. The Morgan fingerprint density at radius 1 is 1.21 bits per heavy atom. The molecule has 3 heteroatoms. The molecule has 1 aromatic carbocycles. The average molecular weight is 211 g/mol. The van der Waals surface area contributed by atoms with Crippen molar-refractivity contribution in [2.45, 2.75) is 19.9 Å². The van der Waals surface area contributed by atoms with Crippen LogP contribution in [0.25, 0.3) is 0 Å². The first kappa shape index (κ1) is 11.6.